The molecule has 2 atom stereocenters. The molecule has 1 saturated heterocycles. The molecular weight excluding hydrogens is 446 g/mol. The zero-order chi connectivity index (χ0) is 24.6. The van der Waals surface area contributed by atoms with Crippen molar-refractivity contribution < 1.29 is 9.90 Å². The number of rotatable bonds is 6. The number of anilines is 1. The first-order chi connectivity index (χ1) is 16.8. The molecule has 0 radical (unpaired) electrons. The summed E-state index contributed by atoms with van der Waals surface area (Å²) < 4.78 is 1.44. The van der Waals surface area contributed by atoms with Crippen LogP contribution in [0.3, 0.4) is 0 Å². The molecule has 5 heterocycles. The number of aromatic nitrogens is 7. The van der Waals surface area contributed by atoms with Crippen molar-refractivity contribution in [2.45, 2.75) is 31.9 Å². The van der Waals surface area contributed by atoms with E-state index >= 15 is 0 Å². The minimum atomic E-state index is -1.67. The van der Waals surface area contributed by atoms with Crippen molar-refractivity contribution in [3.63, 3.8) is 0 Å². The number of nitrogens with zero attached hydrogens (tertiary/aromatic N) is 8. The molecule has 1 amide bonds. The van der Waals surface area contributed by atoms with Gasteiger partial charge in [0, 0.05) is 32.4 Å². The number of amides is 1. The first kappa shape index (κ1) is 22.5. The van der Waals surface area contributed by atoms with Crippen LogP contribution >= 0.6 is 0 Å². The molecule has 178 valence electrons. The third kappa shape index (κ3) is 4.21. The molecule has 1 fully saturated rings. The Labute approximate surface area is 201 Å². The van der Waals surface area contributed by atoms with Crippen molar-refractivity contribution in [3.8, 4) is 17.2 Å². The van der Waals surface area contributed by atoms with Crippen LogP contribution in [0, 0.1) is 6.92 Å². The van der Waals surface area contributed by atoms with E-state index in [4.69, 9.17) is 0 Å². The number of carbonyl (C=O) groups excluding carboxylic acids is 1. The van der Waals surface area contributed by atoms with Crippen LogP contribution < -0.4 is 5.32 Å². The monoisotopic (exact) mass is 471 g/mol. The van der Waals surface area contributed by atoms with Crippen LogP contribution in [-0.2, 0) is 10.4 Å². The lowest BCUT2D eigenvalue weighted by Gasteiger charge is -2.17. The highest BCUT2D eigenvalue weighted by molar-refractivity contribution is 5.87. The molecular formula is C24H25N9O2. The largest absolute Gasteiger partial charge is 0.374 e. The van der Waals surface area contributed by atoms with Crippen molar-refractivity contribution in [2.24, 2.45) is 0 Å². The Morgan fingerprint density at radius 3 is 2.69 bits per heavy atom. The zero-order valence-corrected chi connectivity index (χ0v) is 19.6. The van der Waals surface area contributed by atoms with Crippen molar-refractivity contribution in [3.05, 3.63) is 71.9 Å². The number of likely N-dealkylation sites (tertiary alicyclic amines) is 1. The lowest BCUT2D eigenvalue weighted by molar-refractivity contribution is -0.143. The molecule has 1 aliphatic heterocycles. The Bertz CT molecular complexity index is 1390. The van der Waals surface area contributed by atoms with E-state index < -0.39 is 5.60 Å². The van der Waals surface area contributed by atoms with Crippen molar-refractivity contribution in [1.29, 1.82) is 0 Å². The summed E-state index contributed by atoms with van der Waals surface area (Å²) in [6.45, 7) is 4.48. The molecule has 2 unspecified atom stereocenters. The van der Waals surface area contributed by atoms with Crippen LogP contribution in [0.15, 0.2) is 55.0 Å². The van der Waals surface area contributed by atoms with Crippen LogP contribution in [0.5, 0.6) is 0 Å². The quantitative estimate of drug-likeness (QED) is 0.433. The van der Waals surface area contributed by atoms with Gasteiger partial charge in [-0.05, 0) is 43.7 Å². The van der Waals surface area contributed by atoms with Crippen LogP contribution in [0.2, 0.25) is 0 Å². The average Bonchev–Trinajstić information content (AvgIpc) is 3.47. The van der Waals surface area contributed by atoms with Gasteiger partial charge in [-0.1, -0.05) is 17.3 Å². The molecule has 0 saturated carbocycles. The first-order valence-electron chi connectivity index (χ1n) is 11.2. The van der Waals surface area contributed by atoms with Crippen molar-refractivity contribution in [2.75, 3.05) is 18.9 Å². The molecule has 0 aromatic carbocycles. The maximum Gasteiger partial charge on any atom is 0.260 e. The lowest BCUT2D eigenvalue weighted by Crippen LogP contribution is -2.36. The second-order valence-electron chi connectivity index (χ2n) is 8.60. The standard InChI is InChI=1S/C24H25N9O2/c1-15-6-5-11-25-21(15)16(2)27-23-26-12-9-18(29-23)17-7-4-8-20(28-17)33-14-19(30-31-33)24(35)10-13-32(3)22(24)34/h4-9,11-12,14,16,35H,10,13H2,1-3H3,(H,26,27,29). The molecule has 2 N–H and O–H groups in total. The van der Waals surface area contributed by atoms with Gasteiger partial charge >= 0.3 is 0 Å². The summed E-state index contributed by atoms with van der Waals surface area (Å²) in [7, 11) is 1.65. The molecule has 11 heteroatoms. The van der Waals surface area contributed by atoms with E-state index in [-0.39, 0.29) is 24.1 Å². The average molecular weight is 472 g/mol. The minimum absolute atomic E-state index is 0.0811. The molecule has 5 rings (SSSR count). The number of nitrogens with one attached hydrogen (secondary N) is 1. The SMILES string of the molecule is Cc1cccnc1C(C)Nc1nccc(-c2cccc(-n3cc(C4(O)CCN(C)C4=O)nn3)n2)n1. The molecule has 11 nitrogen and oxygen atoms in total. The molecule has 4 aromatic rings. The minimum Gasteiger partial charge on any atom is -0.374 e. The third-order valence-electron chi connectivity index (χ3n) is 6.12. The zero-order valence-electron chi connectivity index (χ0n) is 19.6. The van der Waals surface area contributed by atoms with Crippen LogP contribution in [0.25, 0.3) is 17.2 Å². The van der Waals surface area contributed by atoms with Gasteiger partial charge in [0.05, 0.1) is 29.3 Å². The van der Waals surface area contributed by atoms with Crippen LogP contribution in [-0.4, -0.2) is 64.4 Å². The fourth-order valence-electron chi connectivity index (χ4n) is 4.13. The number of aliphatic hydroxyl groups is 1. The first-order valence-corrected chi connectivity index (χ1v) is 11.2. The van der Waals surface area contributed by atoms with E-state index in [0.29, 0.717) is 29.7 Å². The van der Waals surface area contributed by atoms with E-state index in [9.17, 15) is 9.90 Å². The van der Waals surface area contributed by atoms with E-state index in [1.807, 2.05) is 38.1 Å². The Balaban J connectivity index is 1.39. The second kappa shape index (κ2) is 8.84. The Morgan fingerprint density at radius 2 is 1.91 bits per heavy atom. The highest BCUT2D eigenvalue weighted by atomic mass is 16.3. The second-order valence-corrected chi connectivity index (χ2v) is 8.60. The third-order valence-corrected chi connectivity index (χ3v) is 6.12. The Kier molecular flexibility index (Phi) is 5.69. The maximum atomic E-state index is 12.4. The van der Waals surface area contributed by atoms with Gasteiger partial charge in [-0.3, -0.25) is 9.78 Å². The summed E-state index contributed by atoms with van der Waals surface area (Å²) in [5.41, 5.74) is 1.79. The predicted octanol–water partition coefficient (Wildman–Crippen LogP) is 2.05. The Morgan fingerprint density at radius 1 is 1.09 bits per heavy atom. The topological polar surface area (TPSA) is 135 Å². The molecule has 0 spiro atoms. The number of hydrogen-bond donors (Lipinski definition) is 2. The summed E-state index contributed by atoms with van der Waals surface area (Å²) in [4.78, 5) is 31.9. The van der Waals surface area contributed by atoms with E-state index in [2.05, 4.69) is 35.6 Å². The van der Waals surface area contributed by atoms with Gasteiger partial charge in [-0.2, -0.15) is 0 Å². The number of carbonyl (C=O) groups is 1. The molecule has 0 bridgehead atoms. The lowest BCUT2D eigenvalue weighted by atomic mass is 9.99. The summed E-state index contributed by atoms with van der Waals surface area (Å²) in [6.07, 6.45) is 5.24. The van der Waals surface area contributed by atoms with Crippen LogP contribution in [0.4, 0.5) is 5.95 Å². The van der Waals surface area contributed by atoms with Gasteiger partial charge in [0.25, 0.3) is 5.91 Å². The van der Waals surface area contributed by atoms with Gasteiger partial charge in [0.1, 0.15) is 5.69 Å². The summed E-state index contributed by atoms with van der Waals surface area (Å²) in [5.74, 6) is 0.554. The van der Waals surface area contributed by atoms with Gasteiger partial charge < -0.3 is 15.3 Å². The highest BCUT2D eigenvalue weighted by Crippen LogP contribution is 2.31. The molecule has 0 aliphatic carbocycles. The Hall–Kier alpha value is -4.25. The number of hydrogen-bond acceptors (Lipinski definition) is 9. The highest BCUT2D eigenvalue weighted by Gasteiger charge is 2.47. The molecule has 4 aromatic heterocycles. The number of pyridine rings is 2. The maximum absolute atomic E-state index is 12.4. The van der Waals surface area contributed by atoms with E-state index in [0.717, 1.165) is 11.3 Å². The summed E-state index contributed by atoms with van der Waals surface area (Å²) >= 11 is 0. The van der Waals surface area contributed by atoms with Gasteiger partial charge in [-0.25, -0.2) is 19.6 Å². The van der Waals surface area contributed by atoms with Crippen LogP contribution in [0.1, 0.15) is 36.3 Å². The predicted molar refractivity (Wildman–Crippen MR) is 127 cm³/mol. The van der Waals surface area contributed by atoms with Crippen molar-refractivity contribution in [1.82, 2.24) is 39.8 Å². The smallest absolute Gasteiger partial charge is 0.260 e. The van der Waals surface area contributed by atoms with Crippen molar-refractivity contribution >= 4 is 11.9 Å². The number of aryl methyl sites for hydroxylation is 1. The normalized spacial score (nSPS) is 18.6. The summed E-state index contributed by atoms with van der Waals surface area (Å²) in [5, 5.41) is 22.3. The van der Waals surface area contributed by atoms with Gasteiger partial charge in [0.15, 0.2) is 11.4 Å². The van der Waals surface area contributed by atoms with Gasteiger partial charge in [0.2, 0.25) is 5.95 Å². The summed E-state index contributed by atoms with van der Waals surface area (Å²) in [6, 6.07) is 11.0. The molecule has 35 heavy (non-hydrogen) atoms. The van der Waals surface area contributed by atoms with Gasteiger partial charge in [-0.15, -0.1) is 5.10 Å². The fraction of sp³-hybridized carbons (Fsp3) is 0.292. The fourth-order valence-corrected chi connectivity index (χ4v) is 4.13. The van der Waals surface area contributed by atoms with E-state index in [1.165, 1.54) is 15.8 Å². The molecule has 1 aliphatic rings. The van der Waals surface area contributed by atoms with E-state index in [1.54, 1.807) is 31.6 Å². The number of likely N-dealkylation sites (N-methyl/N-ethyl adjacent to an activating group) is 1.